The average molecular weight is 524 g/mol. The van der Waals surface area contributed by atoms with E-state index in [0.29, 0.717) is 39.2 Å². The molecule has 0 saturated carbocycles. The largest absolute Gasteiger partial charge is 0.360 e. The predicted molar refractivity (Wildman–Crippen MR) is 145 cm³/mol. The zero-order valence-electron chi connectivity index (χ0n) is 20.0. The zero-order chi connectivity index (χ0) is 26.2. The molecule has 0 fully saturated rings. The second-order valence-electron chi connectivity index (χ2n) is 8.67. The number of anilines is 1. The molecular weight excluding hydrogens is 505 g/mol. The number of pyridine rings is 2. The third-order valence-corrected chi connectivity index (χ3v) is 6.43. The smallest absolute Gasteiger partial charge is 0.263 e. The van der Waals surface area contributed by atoms with Crippen molar-refractivity contribution in [3.8, 4) is 16.8 Å². The van der Waals surface area contributed by atoms with Crippen molar-refractivity contribution in [2.45, 2.75) is 13.0 Å². The van der Waals surface area contributed by atoms with E-state index < -0.39 is 11.9 Å². The van der Waals surface area contributed by atoms with Crippen molar-refractivity contribution in [2.75, 3.05) is 5.32 Å². The van der Waals surface area contributed by atoms with Crippen molar-refractivity contribution in [3.63, 3.8) is 0 Å². The lowest BCUT2D eigenvalue weighted by Crippen LogP contribution is -2.26. The zero-order valence-corrected chi connectivity index (χ0v) is 20.8. The summed E-state index contributed by atoms with van der Waals surface area (Å²) < 4.78 is 15.9. The van der Waals surface area contributed by atoms with Gasteiger partial charge in [0.2, 0.25) is 5.28 Å². The first-order valence-electron chi connectivity index (χ1n) is 11.8. The molecule has 6 rings (SSSR count). The number of hydrogen-bond donors (Lipinski definition) is 1. The van der Waals surface area contributed by atoms with Gasteiger partial charge in [-0.1, -0.05) is 24.3 Å². The van der Waals surface area contributed by atoms with Gasteiger partial charge in [0.15, 0.2) is 5.82 Å². The molecule has 38 heavy (non-hydrogen) atoms. The first-order valence-corrected chi connectivity index (χ1v) is 12.1. The maximum absolute atomic E-state index is 14.4. The van der Waals surface area contributed by atoms with Crippen LogP contribution in [0.4, 0.5) is 10.2 Å². The van der Waals surface area contributed by atoms with Crippen molar-refractivity contribution in [1.29, 1.82) is 0 Å². The molecule has 1 N–H and O–H groups in total. The Hall–Kier alpha value is -4.76. The average Bonchev–Trinajstić information content (AvgIpc) is 2.93. The molecule has 4 heterocycles. The van der Waals surface area contributed by atoms with Crippen LogP contribution in [0.2, 0.25) is 5.28 Å². The Balaban J connectivity index is 1.59. The molecular formula is C28H19ClFN7O. The lowest BCUT2D eigenvalue weighted by Gasteiger charge is -2.22. The molecule has 0 aliphatic rings. The van der Waals surface area contributed by atoms with Gasteiger partial charge in [0, 0.05) is 17.5 Å². The second kappa shape index (κ2) is 9.60. The summed E-state index contributed by atoms with van der Waals surface area (Å²) in [5.74, 6) is -0.0338. The quantitative estimate of drug-likeness (QED) is 0.287. The minimum atomic E-state index is -0.460. The fourth-order valence-corrected chi connectivity index (χ4v) is 4.77. The number of hydrogen-bond acceptors (Lipinski definition) is 7. The molecule has 2 aromatic carbocycles. The van der Waals surface area contributed by atoms with Crippen molar-refractivity contribution >= 4 is 39.2 Å². The molecule has 0 bridgehead atoms. The molecule has 1 atom stereocenters. The van der Waals surface area contributed by atoms with Crippen LogP contribution >= 0.6 is 11.6 Å². The van der Waals surface area contributed by atoms with Gasteiger partial charge in [-0.15, -0.1) is 0 Å². The Morgan fingerprint density at radius 3 is 2.66 bits per heavy atom. The van der Waals surface area contributed by atoms with Gasteiger partial charge in [0.05, 0.1) is 35.0 Å². The lowest BCUT2D eigenvalue weighted by atomic mass is 9.99. The highest BCUT2D eigenvalue weighted by Crippen LogP contribution is 2.30. The van der Waals surface area contributed by atoms with E-state index in [2.05, 4.69) is 30.5 Å². The molecule has 6 aromatic rings. The summed E-state index contributed by atoms with van der Waals surface area (Å²) in [7, 11) is 0. The predicted octanol–water partition coefficient (Wildman–Crippen LogP) is 5.75. The third-order valence-electron chi connectivity index (χ3n) is 6.26. The van der Waals surface area contributed by atoms with Crippen molar-refractivity contribution in [3.05, 3.63) is 112 Å². The molecule has 0 amide bonds. The molecule has 8 nitrogen and oxygen atoms in total. The first-order chi connectivity index (χ1) is 18.5. The Morgan fingerprint density at radius 2 is 1.84 bits per heavy atom. The van der Waals surface area contributed by atoms with Gasteiger partial charge in [-0.25, -0.2) is 9.37 Å². The summed E-state index contributed by atoms with van der Waals surface area (Å²) in [4.78, 5) is 27.2. The Kier molecular flexibility index (Phi) is 5.97. The highest BCUT2D eigenvalue weighted by molar-refractivity contribution is 6.28. The van der Waals surface area contributed by atoms with Crippen LogP contribution in [0.15, 0.2) is 90.1 Å². The maximum atomic E-state index is 14.4. The van der Waals surface area contributed by atoms with Crippen LogP contribution in [0, 0.1) is 5.82 Å². The molecule has 0 radical (unpaired) electrons. The van der Waals surface area contributed by atoms with Crippen LogP contribution in [0.25, 0.3) is 38.6 Å². The molecule has 0 aliphatic heterocycles. The number of halogens is 2. The van der Waals surface area contributed by atoms with E-state index in [9.17, 15) is 9.18 Å². The molecule has 0 aliphatic carbocycles. The van der Waals surface area contributed by atoms with Crippen LogP contribution in [0.3, 0.4) is 0 Å². The number of rotatable bonds is 5. The number of fused-ring (bicyclic) bond motifs is 2. The van der Waals surface area contributed by atoms with E-state index in [0.717, 1.165) is 10.9 Å². The van der Waals surface area contributed by atoms with E-state index in [-0.39, 0.29) is 10.8 Å². The minimum Gasteiger partial charge on any atom is -0.360 e. The fraction of sp³-hybridized carbons (Fsp3) is 0.0714. The summed E-state index contributed by atoms with van der Waals surface area (Å²) in [5.41, 5.74) is 3.27. The molecule has 0 unspecified atom stereocenters. The van der Waals surface area contributed by atoms with E-state index in [1.54, 1.807) is 48.9 Å². The normalized spacial score (nSPS) is 12.1. The fourth-order valence-electron chi connectivity index (χ4n) is 4.59. The number of benzene rings is 2. The van der Waals surface area contributed by atoms with Crippen LogP contribution < -0.4 is 10.9 Å². The summed E-state index contributed by atoms with van der Waals surface area (Å²) in [6.45, 7) is 1.89. The highest BCUT2D eigenvalue weighted by Gasteiger charge is 2.20. The van der Waals surface area contributed by atoms with Gasteiger partial charge in [-0.3, -0.25) is 14.3 Å². The number of aromatic nitrogens is 6. The summed E-state index contributed by atoms with van der Waals surface area (Å²) in [5, 5.41) is 12.4. The minimum absolute atomic E-state index is 0.0665. The van der Waals surface area contributed by atoms with E-state index in [1.807, 2.05) is 31.2 Å². The Bertz CT molecular complexity index is 1880. The summed E-state index contributed by atoms with van der Waals surface area (Å²) in [6, 6.07) is 18.4. The van der Waals surface area contributed by atoms with Crippen molar-refractivity contribution in [1.82, 2.24) is 29.7 Å². The standard InChI is InChI=1S/C28H19ClFN7O/c1-16(34-26-25-22(9-4-11-31-25)35-28(29)36-26)23-13-17-5-2-8-21(18-10-12-32-33-15-18)24(17)27(38)37(23)20-7-3-6-19(30)14-20/h2-16H,1H3,(H,34,35,36)/t16-/m0/s1. The van der Waals surface area contributed by atoms with Gasteiger partial charge >= 0.3 is 0 Å². The SMILES string of the molecule is C[C@H](Nc1nc(Cl)nc2cccnc12)c1cc2cccc(-c3ccnnc3)c2c(=O)n1-c1cccc(F)c1. The lowest BCUT2D eigenvalue weighted by molar-refractivity contribution is 0.625. The second-order valence-corrected chi connectivity index (χ2v) is 9.01. The van der Waals surface area contributed by atoms with E-state index in [4.69, 9.17) is 11.6 Å². The molecule has 0 saturated heterocycles. The molecule has 0 spiro atoms. The van der Waals surface area contributed by atoms with Crippen molar-refractivity contribution in [2.24, 2.45) is 0 Å². The van der Waals surface area contributed by atoms with Crippen molar-refractivity contribution < 1.29 is 4.39 Å². The Labute approximate surface area is 220 Å². The molecule has 4 aromatic heterocycles. The first kappa shape index (κ1) is 23.6. The van der Waals surface area contributed by atoms with Gasteiger partial charge in [0.1, 0.15) is 11.3 Å². The monoisotopic (exact) mass is 523 g/mol. The van der Waals surface area contributed by atoms with E-state index in [1.165, 1.54) is 16.7 Å². The number of nitrogens with zero attached hydrogens (tertiary/aromatic N) is 6. The van der Waals surface area contributed by atoms with Gasteiger partial charge < -0.3 is 5.32 Å². The summed E-state index contributed by atoms with van der Waals surface area (Å²) in [6.07, 6.45) is 4.82. The number of nitrogens with one attached hydrogen (secondary N) is 1. The van der Waals surface area contributed by atoms with Crippen LogP contribution in [0.5, 0.6) is 0 Å². The van der Waals surface area contributed by atoms with Gasteiger partial charge in [-0.05, 0) is 71.9 Å². The van der Waals surface area contributed by atoms with Crippen LogP contribution in [-0.4, -0.2) is 29.7 Å². The molecule has 10 heteroatoms. The highest BCUT2D eigenvalue weighted by atomic mass is 35.5. The maximum Gasteiger partial charge on any atom is 0.263 e. The molecule has 186 valence electrons. The van der Waals surface area contributed by atoms with E-state index >= 15 is 0 Å². The van der Waals surface area contributed by atoms with Gasteiger partial charge in [-0.2, -0.15) is 15.2 Å². The Morgan fingerprint density at radius 1 is 0.974 bits per heavy atom. The van der Waals surface area contributed by atoms with Gasteiger partial charge in [0.25, 0.3) is 5.56 Å². The van der Waals surface area contributed by atoms with Crippen LogP contribution in [0.1, 0.15) is 18.7 Å². The topological polar surface area (TPSA) is 98.5 Å². The summed E-state index contributed by atoms with van der Waals surface area (Å²) >= 11 is 6.18. The van der Waals surface area contributed by atoms with Crippen LogP contribution in [-0.2, 0) is 0 Å². The third kappa shape index (κ3) is 4.22.